The van der Waals surface area contributed by atoms with Crippen molar-refractivity contribution in [3.05, 3.63) is 106 Å². The van der Waals surface area contributed by atoms with E-state index in [0.717, 1.165) is 22.3 Å². The number of rotatable bonds is 6. The molecule has 190 valence electrons. The summed E-state index contributed by atoms with van der Waals surface area (Å²) in [6, 6.07) is 22.9. The summed E-state index contributed by atoms with van der Waals surface area (Å²) in [5, 5.41) is 5.88. The van der Waals surface area contributed by atoms with Gasteiger partial charge in [-0.2, -0.15) is 0 Å². The van der Waals surface area contributed by atoms with Gasteiger partial charge in [-0.3, -0.25) is 9.59 Å². The Morgan fingerprint density at radius 2 is 1.14 bits per heavy atom. The summed E-state index contributed by atoms with van der Waals surface area (Å²) in [6.07, 6.45) is 0. The summed E-state index contributed by atoms with van der Waals surface area (Å²) in [5.41, 5.74) is 5.73. The minimum absolute atomic E-state index is 0.128. The van der Waals surface area contributed by atoms with Crippen molar-refractivity contribution in [1.29, 1.82) is 0 Å². The Bertz CT molecular complexity index is 1130. The van der Waals surface area contributed by atoms with E-state index in [2.05, 4.69) is 59.1 Å². The van der Waals surface area contributed by atoms with Crippen LogP contribution in [-0.4, -0.2) is 24.9 Å². The van der Waals surface area contributed by atoms with E-state index in [1.165, 1.54) is 5.56 Å². The van der Waals surface area contributed by atoms with E-state index in [0.29, 0.717) is 5.56 Å². The van der Waals surface area contributed by atoms with E-state index >= 15 is 0 Å². The zero-order valence-corrected chi connectivity index (χ0v) is 22.9. The summed E-state index contributed by atoms with van der Waals surface area (Å²) in [6.45, 7) is 15.1. The van der Waals surface area contributed by atoms with Gasteiger partial charge in [0, 0.05) is 18.5 Å². The minimum atomic E-state index is -0.787. The topological polar surface area (TPSA) is 58.2 Å². The molecule has 0 heterocycles. The Morgan fingerprint density at radius 1 is 0.722 bits per heavy atom. The highest BCUT2D eigenvalue weighted by molar-refractivity contribution is 5.98. The molecule has 1 atom stereocenters. The zero-order valence-electron chi connectivity index (χ0n) is 22.9. The largest absolute Gasteiger partial charge is 0.357 e. The normalized spacial score (nSPS) is 12.8. The van der Waals surface area contributed by atoms with Crippen molar-refractivity contribution in [2.45, 2.75) is 71.3 Å². The Balaban J connectivity index is 2.12. The molecule has 4 heteroatoms. The van der Waals surface area contributed by atoms with Gasteiger partial charge in [-0.25, -0.2) is 0 Å². The van der Waals surface area contributed by atoms with Crippen molar-refractivity contribution < 1.29 is 9.59 Å². The number of carbonyl (C=O) groups is 2. The van der Waals surface area contributed by atoms with E-state index < -0.39 is 6.04 Å². The molecule has 0 fully saturated rings. The van der Waals surface area contributed by atoms with Gasteiger partial charge in [0.15, 0.2) is 0 Å². The first-order valence-electron chi connectivity index (χ1n) is 12.6. The van der Waals surface area contributed by atoms with Crippen LogP contribution in [0.15, 0.2) is 72.8 Å². The zero-order chi connectivity index (χ0) is 26.7. The molecule has 0 saturated carbocycles. The molecular weight excluding hydrogens is 444 g/mol. The van der Waals surface area contributed by atoms with Gasteiger partial charge < -0.3 is 10.6 Å². The maximum atomic E-state index is 13.8. The van der Waals surface area contributed by atoms with E-state index in [-0.39, 0.29) is 28.6 Å². The lowest BCUT2D eigenvalue weighted by molar-refractivity contribution is -0.122. The highest BCUT2D eigenvalue weighted by atomic mass is 16.2. The molecule has 0 aliphatic carbocycles. The molecule has 0 aliphatic rings. The predicted molar refractivity (Wildman–Crippen MR) is 149 cm³/mol. The fourth-order valence-corrected chi connectivity index (χ4v) is 4.98. The van der Waals surface area contributed by atoms with Crippen molar-refractivity contribution in [2.75, 3.05) is 7.05 Å². The first kappa shape index (κ1) is 27.2. The number of amides is 2. The number of hydrogen-bond acceptors (Lipinski definition) is 2. The summed E-state index contributed by atoms with van der Waals surface area (Å²) in [7, 11) is 1.61. The smallest absolute Gasteiger partial charge is 0.251 e. The predicted octanol–water partition coefficient (Wildman–Crippen LogP) is 6.27. The lowest BCUT2D eigenvalue weighted by Gasteiger charge is -2.31. The van der Waals surface area contributed by atoms with Gasteiger partial charge in [-0.15, -0.1) is 0 Å². The molecule has 2 N–H and O–H groups in total. The van der Waals surface area contributed by atoms with Crippen LogP contribution in [0.5, 0.6) is 0 Å². The third-order valence-corrected chi connectivity index (χ3v) is 6.75. The van der Waals surface area contributed by atoms with E-state index in [1.54, 1.807) is 7.05 Å². The third kappa shape index (κ3) is 6.04. The Labute approximate surface area is 216 Å². The van der Waals surface area contributed by atoms with Crippen LogP contribution in [-0.2, 0) is 15.6 Å². The molecule has 0 bridgehead atoms. The molecule has 0 unspecified atom stereocenters. The second-order valence-corrected chi connectivity index (χ2v) is 11.6. The maximum Gasteiger partial charge on any atom is 0.251 e. The SMILES string of the molecule is CNC(=O)[C@@H](NC(=O)c1cc(C(C)(C)C)c(C)c(C(C)(C)C)c1)C(c1ccccc1)c1ccccc1. The van der Waals surface area contributed by atoms with Gasteiger partial charge in [-0.1, -0.05) is 102 Å². The molecule has 0 spiro atoms. The maximum absolute atomic E-state index is 13.8. The first-order chi connectivity index (χ1) is 16.8. The van der Waals surface area contributed by atoms with Crippen molar-refractivity contribution in [2.24, 2.45) is 0 Å². The van der Waals surface area contributed by atoms with E-state index in [1.807, 2.05) is 72.8 Å². The highest BCUT2D eigenvalue weighted by Gasteiger charge is 2.33. The van der Waals surface area contributed by atoms with Gasteiger partial charge in [0.2, 0.25) is 5.91 Å². The molecule has 2 amide bonds. The number of benzene rings is 3. The number of carbonyl (C=O) groups excluding carboxylic acids is 2. The van der Waals surface area contributed by atoms with Crippen LogP contribution in [0.4, 0.5) is 0 Å². The highest BCUT2D eigenvalue weighted by Crippen LogP contribution is 2.35. The lowest BCUT2D eigenvalue weighted by Crippen LogP contribution is -2.49. The van der Waals surface area contributed by atoms with E-state index in [4.69, 9.17) is 0 Å². The monoisotopic (exact) mass is 484 g/mol. The standard InChI is InChI=1S/C32H40N2O2/c1-21-25(31(2,3)4)19-24(20-26(21)32(5,6)7)29(35)34-28(30(36)33-8)27(22-15-11-9-12-16-22)23-17-13-10-14-18-23/h9-20,27-28H,1-8H3,(H,33,36)(H,34,35)/t28-/m0/s1. The molecule has 0 aliphatic heterocycles. The number of likely N-dealkylation sites (N-methyl/N-ethyl adjacent to an activating group) is 1. The Morgan fingerprint density at radius 3 is 1.50 bits per heavy atom. The molecule has 36 heavy (non-hydrogen) atoms. The molecule has 0 saturated heterocycles. The van der Waals surface area contributed by atoms with Gasteiger partial charge in [-0.05, 0) is 57.7 Å². The molecule has 4 nitrogen and oxygen atoms in total. The van der Waals surface area contributed by atoms with Gasteiger partial charge >= 0.3 is 0 Å². The second kappa shape index (κ2) is 10.7. The van der Waals surface area contributed by atoms with Gasteiger partial charge in [0.25, 0.3) is 5.91 Å². The molecular formula is C32H40N2O2. The van der Waals surface area contributed by atoms with Crippen LogP contribution in [0.2, 0.25) is 0 Å². The molecule has 3 aromatic rings. The molecule has 0 radical (unpaired) electrons. The van der Waals surface area contributed by atoms with Crippen molar-refractivity contribution in [3.8, 4) is 0 Å². The minimum Gasteiger partial charge on any atom is -0.357 e. The number of hydrogen-bond donors (Lipinski definition) is 2. The van der Waals surface area contributed by atoms with Crippen LogP contribution in [0.25, 0.3) is 0 Å². The third-order valence-electron chi connectivity index (χ3n) is 6.75. The summed E-state index contributed by atoms with van der Waals surface area (Å²) < 4.78 is 0. The Hall–Kier alpha value is -3.40. The van der Waals surface area contributed by atoms with Gasteiger partial charge in [0.05, 0.1) is 0 Å². The summed E-state index contributed by atoms with van der Waals surface area (Å²) in [4.78, 5) is 27.1. The average molecular weight is 485 g/mol. The van der Waals surface area contributed by atoms with Crippen molar-refractivity contribution >= 4 is 11.8 Å². The second-order valence-electron chi connectivity index (χ2n) is 11.6. The van der Waals surface area contributed by atoms with Crippen molar-refractivity contribution in [1.82, 2.24) is 10.6 Å². The fourth-order valence-electron chi connectivity index (χ4n) is 4.98. The summed E-state index contributed by atoms with van der Waals surface area (Å²) in [5.74, 6) is -0.831. The molecule has 3 aromatic carbocycles. The van der Waals surface area contributed by atoms with Crippen LogP contribution >= 0.6 is 0 Å². The quantitative estimate of drug-likeness (QED) is 0.433. The first-order valence-corrected chi connectivity index (χ1v) is 12.6. The van der Waals surface area contributed by atoms with Crippen molar-refractivity contribution in [3.63, 3.8) is 0 Å². The lowest BCUT2D eigenvalue weighted by atomic mass is 9.75. The summed E-state index contributed by atoms with van der Waals surface area (Å²) >= 11 is 0. The molecule has 0 aromatic heterocycles. The van der Waals surface area contributed by atoms with Crippen LogP contribution in [0.1, 0.15) is 85.6 Å². The van der Waals surface area contributed by atoms with E-state index in [9.17, 15) is 9.59 Å². The van der Waals surface area contributed by atoms with Crippen LogP contribution in [0, 0.1) is 6.92 Å². The average Bonchev–Trinajstić information content (AvgIpc) is 2.83. The Kier molecular flexibility index (Phi) is 8.08. The molecule has 3 rings (SSSR count). The fraction of sp³-hybridized carbons (Fsp3) is 0.375. The van der Waals surface area contributed by atoms with Crippen LogP contribution in [0.3, 0.4) is 0 Å². The number of nitrogens with one attached hydrogen (secondary N) is 2. The van der Waals surface area contributed by atoms with Crippen LogP contribution < -0.4 is 10.6 Å². The van der Waals surface area contributed by atoms with Gasteiger partial charge in [0.1, 0.15) is 6.04 Å².